The van der Waals surface area contributed by atoms with Crippen molar-refractivity contribution < 1.29 is 9.53 Å². The number of rotatable bonds is 4. The smallest absolute Gasteiger partial charge is 0.416 e. The van der Waals surface area contributed by atoms with Gasteiger partial charge in [0, 0.05) is 18.4 Å². The number of ether oxygens (including phenoxy) is 1. The van der Waals surface area contributed by atoms with Gasteiger partial charge in [-0.1, -0.05) is 19.8 Å². The van der Waals surface area contributed by atoms with Gasteiger partial charge in [-0.15, -0.1) is 10.2 Å². The highest BCUT2D eigenvalue weighted by Crippen LogP contribution is 2.43. The number of hydrogen-bond donors (Lipinski definition) is 0. The molecule has 3 aromatic heterocycles. The molecule has 11 nitrogen and oxygen atoms in total. The van der Waals surface area contributed by atoms with Crippen LogP contribution in [0.1, 0.15) is 56.7 Å². The number of carbonyl (C=O) groups excluding carboxylic acids is 1. The molecule has 1 saturated heterocycles. The molecule has 1 saturated carbocycles. The molecule has 3 aliphatic rings. The first-order valence-corrected chi connectivity index (χ1v) is 11.2. The molecule has 5 heterocycles. The van der Waals surface area contributed by atoms with E-state index in [1.807, 2.05) is 13.1 Å². The number of imidazole rings is 1. The van der Waals surface area contributed by atoms with Gasteiger partial charge in [0.25, 0.3) is 0 Å². The van der Waals surface area contributed by atoms with Crippen LogP contribution in [0.15, 0.2) is 18.6 Å². The second-order valence-electron chi connectivity index (χ2n) is 8.45. The molecule has 1 amide bonds. The second kappa shape index (κ2) is 7.28. The number of aromatic nitrogens is 7. The van der Waals surface area contributed by atoms with E-state index in [0.29, 0.717) is 31.1 Å². The van der Waals surface area contributed by atoms with Crippen molar-refractivity contribution in [2.45, 2.75) is 58.0 Å². The van der Waals surface area contributed by atoms with Crippen LogP contribution in [0.2, 0.25) is 0 Å². The van der Waals surface area contributed by atoms with Crippen LogP contribution >= 0.6 is 0 Å². The van der Waals surface area contributed by atoms with Crippen LogP contribution in [0.25, 0.3) is 11.6 Å². The van der Waals surface area contributed by atoms with Crippen molar-refractivity contribution in [3.05, 3.63) is 30.2 Å². The lowest BCUT2D eigenvalue weighted by Gasteiger charge is -2.41. The van der Waals surface area contributed by atoms with Gasteiger partial charge in [-0.05, 0) is 26.2 Å². The van der Waals surface area contributed by atoms with E-state index < -0.39 is 6.09 Å². The first-order chi connectivity index (χ1) is 15.7. The molecule has 0 spiro atoms. The van der Waals surface area contributed by atoms with E-state index in [9.17, 15) is 4.79 Å². The fraction of sp³-hybridized carbons (Fsp3) is 0.524. The summed E-state index contributed by atoms with van der Waals surface area (Å²) >= 11 is 0. The first kappa shape index (κ1) is 19.2. The highest BCUT2D eigenvalue weighted by Gasteiger charge is 2.39. The number of aryl methyl sites for hydroxylation is 1. The Morgan fingerprint density at radius 1 is 1.19 bits per heavy atom. The van der Waals surface area contributed by atoms with Gasteiger partial charge in [-0.2, -0.15) is 4.98 Å². The third kappa shape index (κ3) is 2.73. The second-order valence-corrected chi connectivity index (χ2v) is 8.45. The molecule has 6 rings (SSSR count). The zero-order chi connectivity index (χ0) is 21.8. The summed E-state index contributed by atoms with van der Waals surface area (Å²) in [7, 11) is 0. The number of nitrogens with zero attached hydrogens (tertiary/aromatic N) is 9. The van der Waals surface area contributed by atoms with Crippen LogP contribution in [0.3, 0.4) is 0 Å². The van der Waals surface area contributed by atoms with Crippen molar-refractivity contribution in [1.82, 2.24) is 34.3 Å². The van der Waals surface area contributed by atoms with Crippen molar-refractivity contribution in [3.8, 4) is 11.6 Å². The third-order valence-electron chi connectivity index (χ3n) is 6.65. The predicted octanol–water partition coefficient (Wildman–Crippen LogP) is 2.72. The summed E-state index contributed by atoms with van der Waals surface area (Å²) in [6, 6.07) is 0.508. The van der Waals surface area contributed by atoms with Gasteiger partial charge in [-0.3, -0.25) is 9.13 Å². The monoisotopic (exact) mass is 435 g/mol. The highest BCUT2D eigenvalue weighted by molar-refractivity contribution is 5.87. The van der Waals surface area contributed by atoms with Crippen LogP contribution in [-0.2, 0) is 4.74 Å². The van der Waals surface area contributed by atoms with Gasteiger partial charge in [0.05, 0.1) is 18.8 Å². The van der Waals surface area contributed by atoms with Crippen LogP contribution in [0.4, 0.5) is 16.6 Å². The largest absolute Gasteiger partial charge is 0.447 e. The third-order valence-corrected chi connectivity index (χ3v) is 6.65. The average molecular weight is 435 g/mol. The van der Waals surface area contributed by atoms with Gasteiger partial charge in [-0.25, -0.2) is 19.7 Å². The lowest BCUT2D eigenvalue weighted by atomic mass is 10.0. The molecule has 32 heavy (non-hydrogen) atoms. The van der Waals surface area contributed by atoms with Crippen molar-refractivity contribution in [2.24, 2.45) is 0 Å². The van der Waals surface area contributed by atoms with Crippen molar-refractivity contribution >= 4 is 17.9 Å². The number of anilines is 2. The van der Waals surface area contributed by atoms with Crippen LogP contribution < -0.4 is 9.80 Å². The van der Waals surface area contributed by atoms with Gasteiger partial charge in [0.2, 0.25) is 11.9 Å². The number of cyclic esters (lactones) is 1. The van der Waals surface area contributed by atoms with Crippen molar-refractivity contribution in [2.75, 3.05) is 23.0 Å². The minimum Gasteiger partial charge on any atom is -0.447 e. The van der Waals surface area contributed by atoms with E-state index in [2.05, 4.69) is 36.6 Å². The molecule has 11 heteroatoms. The van der Waals surface area contributed by atoms with E-state index >= 15 is 0 Å². The Morgan fingerprint density at radius 2 is 2.03 bits per heavy atom. The summed E-state index contributed by atoms with van der Waals surface area (Å²) in [6.45, 7) is 4.94. The van der Waals surface area contributed by atoms with E-state index in [1.54, 1.807) is 17.0 Å². The predicted molar refractivity (Wildman–Crippen MR) is 115 cm³/mol. The summed E-state index contributed by atoms with van der Waals surface area (Å²) in [6.07, 6.45) is 10.5. The Balaban J connectivity index is 1.51. The molecule has 166 valence electrons. The SMILES string of the molecule is CC[C@@H]1c2nnc(C)n2-c2cnc(-n3ccnc3N3CCOC3=O)nc2N1C1CCCC1. The van der Waals surface area contributed by atoms with E-state index in [4.69, 9.17) is 9.72 Å². The lowest BCUT2D eigenvalue weighted by molar-refractivity contribution is 0.181. The van der Waals surface area contributed by atoms with E-state index in [0.717, 1.165) is 42.4 Å². The Kier molecular flexibility index (Phi) is 4.37. The number of amides is 1. The Labute approximate surface area is 185 Å². The number of carbonyl (C=O) groups is 1. The van der Waals surface area contributed by atoms with E-state index in [1.165, 1.54) is 17.7 Å². The summed E-state index contributed by atoms with van der Waals surface area (Å²) in [4.78, 5) is 30.1. The quantitative estimate of drug-likeness (QED) is 0.616. The summed E-state index contributed by atoms with van der Waals surface area (Å²) in [5, 5.41) is 8.88. The molecule has 2 aliphatic heterocycles. The minimum atomic E-state index is -0.404. The van der Waals surface area contributed by atoms with Gasteiger partial charge in [0.15, 0.2) is 11.6 Å². The van der Waals surface area contributed by atoms with Crippen molar-refractivity contribution in [3.63, 3.8) is 0 Å². The van der Waals surface area contributed by atoms with Crippen LogP contribution in [0.5, 0.6) is 0 Å². The summed E-state index contributed by atoms with van der Waals surface area (Å²) < 4.78 is 8.91. The molecular formula is C21H25N9O2. The molecule has 1 atom stereocenters. The normalized spacial score (nSPS) is 20.6. The maximum Gasteiger partial charge on any atom is 0.416 e. The van der Waals surface area contributed by atoms with Crippen LogP contribution in [-0.4, -0.2) is 59.6 Å². The van der Waals surface area contributed by atoms with Crippen molar-refractivity contribution in [1.29, 1.82) is 0 Å². The zero-order valence-electron chi connectivity index (χ0n) is 18.2. The van der Waals surface area contributed by atoms with E-state index in [-0.39, 0.29) is 6.04 Å². The molecule has 0 radical (unpaired) electrons. The molecule has 0 unspecified atom stereocenters. The molecular weight excluding hydrogens is 410 g/mol. The van der Waals surface area contributed by atoms with Gasteiger partial charge >= 0.3 is 6.09 Å². The topological polar surface area (TPSA) is 107 Å². The Hall–Kier alpha value is -3.50. The standard InChI is InChI=1S/C21H25N9O2/c1-3-15-18-26-25-13(2)29(18)16-12-23-19(24-17(16)30(15)14-6-4-5-7-14)27-9-8-22-20(27)28-10-11-32-21(28)31/h8-9,12,14-15H,3-7,10-11H2,1-2H3/t15-/m1/s1. The fourth-order valence-electron chi connectivity index (χ4n) is 5.20. The maximum absolute atomic E-state index is 12.1. The summed E-state index contributed by atoms with van der Waals surface area (Å²) in [5.74, 6) is 3.59. The molecule has 3 aromatic rings. The molecule has 0 bridgehead atoms. The molecule has 0 aromatic carbocycles. The van der Waals surface area contributed by atoms with Gasteiger partial charge in [0.1, 0.15) is 18.1 Å². The highest BCUT2D eigenvalue weighted by atomic mass is 16.6. The van der Waals surface area contributed by atoms with Gasteiger partial charge < -0.3 is 9.64 Å². The fourth-order valence-corrected chi connectivity index (χ4v) is 5.20. The summed E-state index contributed by atoms with van der Waals surface area (Å²) in [5.41, 5.74) is 0.894. The molecule has 0 N–H and O–H groups in total. The molecule has 2 fully saturated rings. The average Bonchev–Trinajstić information content (AvgIpc) is 3.60. The minimum absolute atomic E-state index is 0.102. The first-order valence-electron chi connectivity index (χ1n) is 11.2. The number of hydrogen-bond acceptors (Lipinski definition) is 8. The van der Waals surface area contributed by atoms with Crippen LogP contribution in [0, 0.1) is 6.92 Å². The molecule has 1 aliphatic carbocycles. The lowest BCUT2D eigenvalue weighted by Crippen LogP contribution is -2.42. The Morgan fingerprint density at radius 3 is 2.78 bits per heavy atom. The Bertz CT molecular complexity index is 1180. The number of fused-ring (bicyclic) bond motifs is 3. The maximum atomic E-state index is 12.1. The zero-order valence-corrected chi connectivity index (χ0v) is 18.2.